The first-order valence-corrected chi connectivity index (χ1v) is 13.0. The number of carbonyl (C=O) groups is 3. The average Bonchev–Trinajstić information content (AvgIpc) is 3.26. The van der Waals surface area contributed by atoms with Crippen LogP contribution in [0.1, 0.15) is 42.6 Å². The van der Waals surface area contributed by atoms with Gasteiger partial charge >= 0.3 is 6.09 Å². The number of ether oxygens (including phenoxy) is 1. The lowest BCUT2D eigenvalue weighted by molar-refractivity contribution is -0.136. The molecule has 0 spiro atoms. The van der Waals surface area contributed by atoms with Crippen LogP contribution >= 0.6 is 0 Å². The molecule has 2 aromatic rings. The normalized spacial score (nSPS) is 17.6. The molecule has 0 bridgehead atoms. The summed E-state index contributed by atoms with van der Waals surface area (Å²) >= 11 is 0. The summed E-state index contributed by atoms with van der Waals surface area (Å²) in [4.78, 5) is 41.3. The van der Waals surface area contributed by atoms with Crippen LogP contribution in [0.4, 0.5) is 13.6 Å². The summed E-state index contributed by atoms with van der Waals surface area (Å²) in [7, 11) is 0. The number of benzene rings is 1. The predicted molar refractivity (Wildman–Crippen MR) is 134 cm³/mol. The van der Waals surface area contributed by atoms with Crippen LogP contribution in [0.15, 0.2) is 18.2 Å². The summed E-state index contributed by atoms with van der Waals surface area (Å²) in [5.41, 5.74) is 0.591. The van der Waals surface area contributed by atoms with Crippen molar-refractivity contribution in [3.8, 4) is 0 Å². The molecule has 1 aliphatic heterocycles. The minimum absolute atomic E-state index is 0.0449. The molecular weight excluding hydrogens is 502 g/mol. The van der Waals surface area contributed by atoms with Crippen molar-refractivity contribution >= 4 is 28.8 Å². The van der Waals surface area contributed by atoms with Crippen molar-refractivity contribution in [2.75, 3.05) is 46.0 Å². The molecule has 208 valence electrons. The number of nitrogens with zero attached hydrogens (tertiary/aromatic N) is 3. The third kappa shape index (κ3) is 6.24. The van der Waals surface area contributed by atoms with Gasteiger partial charge in [-0.1, -0.05) is 19.3 Å². The minimum Gasteiger partial charge on any atom is -0.465 e. The van der Waals surface area contributed by atoms with Gasteiger partial charge in [0, 0.05) is 44.2 Å². The second-order valence-electron chi connectivity index (χ2n) is 9.79. The number of carbonyl (C=O) groups excluding carboxylic acids is 2. The van der Waals surface area contributed by atoms with E-state index in [2.05, 4.69) is 5.32 Å². The number of aliphatic hydroxyl groups is 1. The van der Waals surface area contributed by atoms with Gasteiger partial charge in [0.25, 0.3) is 5.91 Å². The van der Waals surface area contributed by atoms with Gasteiger partial charge in [-0.15, -0.1) is 0 Å². The fourth-order valence-corrected chi connectivity index (χ4v) is 5.47. The number of nitrogens with one attached hydrogen (secondary N) is 1. The van der Waals surface area contributed by atoms with Gasteiger partial charge in [0.1, 0.15) is 11.7 Å². The van der Waals surface area contributed by atoms with E-state index in [4.69, 9.17) is 9.84 Å². The minimum atomic E-state index is -1.23. The monoisotopic (exact) mass is 536 g/mol. The van der Waals surface area contributed by atoms with Crippen molar-refractivity contribution in [1.82, 2.24) is 19.7 Å². The quantitative estimate of drug-likeness (QED) is 0.423. The summed E-state index contributed by atoms with van der Waals surface area (Å²) in [6.45, 7) is 1.27. The largest absolute Gasteiger partial charge is 0.465 e. The lowest BCUT2D eigenvalue weighted by Gasteiger charge is -2.38. The smallest absolute Gasteiger partial charge is 0.405 e. The van der Waals surface area contributed by atoms with Crippen molar-refractivity contribution in [1.29, 1.82) is 0 Å². The molecule has 38 heavy (non-hydrogen) atoms. The average molecular weight is 537 g/mol. The summed E-state index contributed by atoms with van der Waals surface area (Å²) in [5, 5.41) is 21.0. The molecule has 2 aliphatic rings. The lowest BCUT2D eigenvalue weighted by Crippen LogP contribution is -2.57. The molecule has 1 unspecified atom stereocenters. The number of carboxylic acid groups (broad SMARTS) is 1. The van der Waals surface area contributed by atoms with Gasteiger partial charge in [0.05, 0.1) is 25.3 Å². The first-order valence-electron chi connectivity index (χ1n) is 13.0. The SMILES string of the molecule is O=C(O)NC(C(=O)N1CCN(C(=O)c2cc3cc(F)c(F)cc3n2CCOCCO)CC1)C1CCCCC1. The molecule has 1 atom stereocenters. The van der Waals surface area contributed by atoms with Crippen LogP contribution in [0.3, 0.4) is 0 Å². The Morgan fingerprint density at radius 3 is 2.29 bits per heavy atom. The number of aliphatic hydroxyl groups excluding tert-OH is 1. The Kier molecular flexibility index (Phi) is 9.16. The topological polar surface area (TPSA) is 124 Å². The first kappa shape index (κ1) is 27.8. The molecule has 4 rings (SSSR count). The highest BCUT2D eigenvalue weighted by Gasteiger charge is 2.36. The maximum atomic E-state index is 14.0. The van der Waals surface area contributed by atoms with Crippen molar-refractivity contribution in [3.05, 3.63) is 35.5 Å². The van der Waals surface area contributed by atoms with Gasteiger partial charge in [-0.2, -0.15) is 0 Å². The Labute approximate surface area is 219 Å². The molecule has 1 saturated heterocycles. The zero-order chi connectivity index (χ0) is 27.2. The number of piperazine rings is 1. The van der Waals surface area contributed by atoms with E-state index in [9.17, 15) is 28.3 Å². The van der Waals surface area contributed by atoms with Crippen LogP contribution < -0.4 is 5.32 Å². The fourth-order valence-electron chi connectivity index (χ4n) is 5.47. The molecule has 2 fully saturated rings. The molecule has 3 amide bonds. The Morgan fingerprint density at radius 1 is 0.974 bits per heavy atom. The van der Waals surface area contributed by atoms with Gasteiger partial charge in [-0.05, 0) is 30.9 Å². The van der Waals surface area contributed by atoms with Crippen LogP contribution in [-0.4, -0.2) is 94.5 Å². The van der Waals surface area contributed by atoms with Gasteiger partial charge < -0.3 is 34.6 Å². The number of aromatic nitrogens is 1. The highest BCUT2D eigenvalue weighted by atomic mass is 19.2. The molecule has 1 aliphatic carbocycles. The van der Waals surface area contributed by atoms with Crippen LogP contribution in [0.5, 0.6) is 0 Å². The standard InChI is InChI=1S/C26H34F2N4O6/c27-19-14-18-15-22(32(10-12-38-13-11-33)21(18)16-20(19)28)24(34)30-6-8-31(9-7-30)25(35)23(29-26(36)37)17-4-2-1-3-5-17/h14-17,23,29,33H,1-13H2,(H,36,37). The zero-order valence-corrected chi connectivity index (χ0v) is 21.2. The van der Waals surface area contributed by atoms with Crippen molar-refractivity contribution < 1.29 is 38.1 Å². The van der Waals surface area contributed by atoms with Crippen molar-refractivity contribution in [2.45, 2.75) is 44.7 Å². The van der Waals surface area contributed by atoms with Gasteiger partial charge in [0.2, 0.25) is 5.91 Å². The van der Waals surface area contributed by atoms with Gasteiger partial charge in [-0.25, -0.2) is 13.6 Å². The predicted octanol–water partition coefficient (Wildman–Crippen LogP) is 2.43. The summed E-state index contributed by atoms with van der Waals surface area (Å²) in [6.07, 6.45) is 3.36. The van der Waals surface area contributed by atoms with E-state index < -0.39 is 23.8 Å². The lowest BCUT2D eigenvalue weighted by atomic mass is 9.83. The summed E-state index contributed by atoms with van der Waals surface area (Å²) in [5.74, 6) is -2.70. The molecule has 0 radical (unpaired) electrons. The second-order valence-corrected chi connectivity index (χ2v) is 9.79. The molecular formula is C26H34F2N4O6. The number of hydrogen-bond donors (Lipinski definition) is 3. The maximum absolute atomic E-state index is 14.0. The molecule has 12 heteroatoms. The van der Waals surface area contributed by atoms with Crippen LogP contribution in [0.25, 0.3) is 10.9 Å². The number of fused-ring (bicyclic) bond motifs is 1. The molecule has 10 nitrogen and oxygen atoms in total. The van der Waals surface area contributed by atoms with Crippen LogP contribution in [0.2, 0.25) is 0 Å². The molecule has 2 heterocycles. The third-order valence-corrected chi connectivity index (χ3v) is 7.40. The zero-order valence-electron chi connectivity index (χ0n) is 21.2. The van der Waals surface area contributed by atoms with Crippen molar-refractivity contribution in [3.63, 3.8) is 0 Å². The van der Waals surface area contributed by atoms with Crippen molar-refractivity contribution in [2.24, 2.45) is 5.92 Å². The Morgan fingerprint density at radius 2 is 1.63 bits per heavy atom. The Bertz CT molecular complexity index is 1160. The molecule has 1 saturated carbocycles. The highest BCUT2D eigenvalue weighted by molar-refractivity contribution is 5.99. The Hall–Kier alpha value is -3.25. The molecule has 1 aromatic heterocycles. The van der Waals surface area contributed by atoms with Gasteiger partial charge in [0.15, 0.2) is 11.6 Å². The second kappa shape index (κ2) is 12.5. The van der Waals surface area contributed by atoms with E-state index >= 15 is 0 Å². The van der Waals surface area contributed by atoms with E-state index in [0.29, 0.717) is 10.9 Å². The third-order valence-electron chi connectivity index (χ3n) is 7.40. The van der Waals surface area contributed by atoms with E-state index in [-0.39, 0.29) is 76.0 Å². The number of hydrogen-bond acceptors (Lipinski definition) is 5. The summed E-state index contributed by atoms with van der Waals surface area (Å²) in [6, 6.07) is 2.80. The van der Waals surface area contributed by atoms with E-state index in [1.807, 2.05) is 0 Å². The van der Waals surface area contributed by atoms with E-state index in [1.54, 1.807) is 14.4 Å². The summed E-state index contributed by atoms with van der Waals surface area (Å²) < 4.78 is 34.8. The van der Waals surface area contributed by atoms with E-state index in [1.165, 1.54) is 6.07 Å². The maximum Gasteiger partial charge on any atom is 0.405 e. The number of halogens is 2. The molecule has 3 N–H and O–H groups in total. The molecule has 1 aromatic carbocycles. The number of amides is 3. The first-order chi connectivity index (χ1) is 18.3. The Balaban J connectivity index is 1.47. The van der Waals surface area contributed by atoms with Crippen LogP contribution in [-0.2, 0) is 16.1 Å². The van der Waals surface area contributed by atoms with Gasteiger partial charge in [-0.3, -0.25) is 9.59 Å². The van der Waals surface area contributed by atoms with Crippen LogP contribution in [0, 0.1) is 17.6 Å². The highest BCUT2D eigenvalue weighted by Crippen LogP contribution is 2.28. The fraction of sp³-hybridized carbons (Fsp3) is 0.577. The van der Waals surface area contributed by atoms with E-state index in [0.717, 1.165) is 44.2 Å². The number of rotatable bonds is 9.